The van der Waals surface area contributed by atoms with Crippen LogP contribution in [0.5, 0.6) is 0 Å². The van der Waals surface area contributed by atoms with Crippen molar-refractivity contribution >= 4 is 5.97 Å². The summed E-state index contributed by atoms with van der Waals surface area (Å²) < 4.78 is 10.6. The lowest BCUT2D eigenvalue weighted by molar-refractivity contribution is -0.143. The summed E-state index contributed by atoms with van der Waals surface area (Å²) in [4.78, 5) is 11.1. The maximum absolute atomic E-state index is 11.1. The lowest BCUT2D eigenvalue weighted by Gasteiger charge is -2.14. The van der Waals surface area contributed by atoms with Gasteiger partial charge in [-0.3, -0.25) is 4.79 Å². The van der Waals surface area contributed by atoms with Gasteiger partial charge in [0.15, 0.2) is 0 Å². The third kappa shape index (κ3) is 2.03. The quantitative estimate of drug-likeness (QED) is 0.576. The first-order chi connectivity index (χ1) is 7.09. The third-order valence-corrected chi connectivity index (χ3v) is 3.11. The highest BCUT2D eigenvalue weighted by atomic mass is 16.6. The average Bonchev–Trinajstić information content (AvgIpc) is 2.76. The zero-order valence-electron chi connectivity index (χ0n) is 9.73. The van der Waals surface area contributed by atoms with E-state index in [1.807, 2.05) is 0 Å². The molecule has 0 spiro atoms. The number of carbonyl (C=O) groups is 1. The van der Waals surface area contributed by atoms with E-state index in [9.17, 15) is 4.79 Å². The second-order valence-electron chi connectivity index (χ2n) is 5.34. The van der Waals surface area contributed by atoms with E-state index in [4.69, 9.17) is 9.47 Å². The van der Waals surface area contributed by atoms with Gasteiger partial charge >= 0.3 is 5.97 Å². The molecule has 0 aromatic rings. The van der Waals surface area contributed by atoms with Crippen molar-refractivity contribution in [1.29, 1.82) is 0 Å². The molecule has 15 heavy (non-hydrogen) atoms. The van der Waals surface area contributed by atoms with Gasteiger partial charge in [-0.05, 0) is 18.8 Å². The van der Waals surface area contributed by atoms with Gasteiger partial charge in [0.05, 0.1) is 24.7 Å². The summed E-state index contributed by atoms with van der Waals surface area (Å²) >= 11 is 0. The fourth-order valence-corrected chi connectivity index (χ4v) is 2.59. The molecule has 0 N–H and O–H groups in total. The van der Waals surface area contributed by atoms with Crippen molar-refractivity contribution in [2.75, 3.05) is 6.61 Å². The molecule has 3 fully saturated rings. The minimum Gasteiger partial charge on any atom is -0.465 e. The van der Waals surface area contributed by atoms with Crippen LogP contribution in [0.2, 0.25) is 0 Å². The molecule has 4 unspecified atom stereocenters. The number of carbonyl (C=O) groups excluding carboxylic acids is 1. The van der Waals surface area contributed by atoms with Crippen molar-refractivity contribution < 1.29 is 14.3 Å². The summed E-state index contributed by atoms with van der Waals surface area (Å²) in [6.45, 7) is 7.10. The third-order valence-electron chi connectivity index (χ3n) is 3.11. The Morgan fingerprint density at radius 2 is 1.80 bits per heavy atom. The predicted molar refractivity (Wildman–Crippen MR) is 56.3 cm³/mol. The molecule has 3 aliphatic heterocycles. The normalized spacial score (nSPS) is 41.2. The zero-order chi connectivity index (χ0) is 11.0. The van der Waals surface area contributed by atoms with E-state index < -0.39 is 0 Å². The molecule has 2 bridgehead atoms. The van der Waals surface area contributed by atoms with Crippen molar-refractivity contribution in [3.05, 3.63) is 0 Å². The molecular weight excluding hydrogens is 192 g/mol. The summed E-state index contributed by atoms with van der Waals surface area (Å²) in [5, 5.41) is 0. The highest BCUT2D eigenvalue weighted by molar-refractivity contribution is 5.76. The highest BCUT2D eigenvalue weighted by Gasteiger charge is 2.56. The van der Waals surface area contributed by atoms with E-state index in [0.29, 0.717) is 18.6 Å². The van der Waals surface area contributed by atoms with Gasteiger partial charge in [0.2, 0.25) is 0 Å². The van der Waals surface area contributed by atoms with Crippen LogP contribution in [0.4, 0.5) is 0 Å². The Morgan fingerprint density at radius 1 is 1.20 bits per heavy atom. The molecule has 0 aromatic carbocycles. The number of cyclic esters (lactones) is 1. The Bertz CT molecular complexity index is 246. The van der Waals surface area contributed by atoms with E-state index >= 15 is 0 Å². The van der Waals surface area contributed by atoms with Crippen molar-refractivity contribution in [2.45, 2.75) is 45.8 Å². The molecule has 3 heteroatoms. The van der Waals surface area contributed by atoms with E-state index in [0.717, 1.165) is 18.8 Å². The second kappa shape index (κ2) is 4.12. The Morgan fingerprint density at radius 3 is 2.40 bits per heavy atom. The van der Waals surface area contributed by atoms with Gasteiger partial charge in [-0.2, -0.15) is 0 Å². The average molecular weight is 212 g/mol. The smallest absolute Gasteiger partial charge is 0.312 e. The van der Waals surface area contributed by atoms with Gasteiger partial charge in [0.1, 0.15) is 0 Å². The fourth-order valence-electron chi connectivity index (χ4n) is 2.59. The first-order valence-corrected chi connectivity index (χ1v) is 5.91. The van der Waals surface area contributed by atoms with Crippen molar-refractivity contribution in [1.82, 2.24) is 0 Å². The SMILES string of the molecule is CC(C)C.O=C1OCC2C3CCC(O3)C12. The molecule has 3 saturated heterocycles. The Labute approximate surface area is 91.1 Å². The molecule has 0 saturated carbocycles. The minimum absolute atomic E-state index is 0.0257. The Hall–Kier alpha value is -0.570. The van der Waals surface area contributed by atoms with Crippen LogP contribution in [0.25, 0.3) is 0 Å². The standard InChI is InChI=1S/C8H10O3.C4H10/c9-8-7-4(3-10-8)5-1-2-6(7)11-5;1-4(2)3/h4-7H,1-3H2;4H,1-3H3. The summed E-state index contributed by atoms with van der Waals surface area (Å²) in [6.07, 6.45) is 2.71. The Kier molecular flexibility index (Phi) is 3.01. The van der Waals surface area contributed by atoms with Crippen LogP contribution in [0, 0.1) is 17.8 Å². The van der Waals surface area contributed by atoms with Gasteiger partial charge in [-0.15, -0.1) is 0 Å². The topological polar surface area (TPSA) is 35.5 Å². The Balaban J connectivity index is 0.000000188. The van der Waals surface area contributed by atoms with Gasteiger partial charge in [-0.1, -0.05) is 20.8 Å². The van der Waals surface area contributed by atoms with Gasteiger partial charge < -0.3 is 9.47 Å². The van der Waals surface area contributed by atoms with Crippen LogP contribution in [-0.2, 0) is 14.3 Å². The number of ether oxygens (including phenoxy) is 2. The van der Waals surface area contributed by atoms with Crippen LogP contribution in [0.3, 0.4) is 0 Å². The molecule has 86 valence electrons. The van der Waals surface area contributed by atoms with E-state index in [1.165, 1.54) is 0 Å². The van der Waals surface area contributed by atoms with Crippen LogP contribution in [-0.4, -0.2) is 24.8 Å². The number of hydrogen-bond donors (Lipinski definition) is 0. The lowest BCUT2D eigenvalue weighted by atomic mass is 9.81. The monoisotopic (exact) mass is 212 g/mol. The maximum atomic E-state index is 11.1. The molecule has 3 rings (SSSR count). The van der Waals surface area contributed by atoms with Crippen LogP contribution in [0.15, 0.2) is 0 Å². The summed E-state index contributed by atoms with van der Waals surface area (Å²) in [7, 11) is 0. The van der Waals surface area contributed by atoms with E-state index in [1.54, 1.807) is 0 Å². The van der Waals surface area contributed by atoms with Gasteiger partial charge in [-0.25, -0.2) is 0 Å². The van der Waals surface area contributed by atoms with Crippen LogP contribution < -0.4 is 0 Å². The zero-order valence-corrected chi connectivity index (χ0v) is 9.73. The van der Waals surface area contributed by atoms with Crippen molar-refractivity contribution in [3.8, 4) is 0 Å². The molecule has 3 heterocycles. The summed E-state index contributed by atoms with van der Waals surface area (Å²) in [5.74, 6) is 1.29. The first-order valence-electron chi connectivity index (χ1n) is 5.91. The predicted octanol–water partition coefficient (Wildman–Crippen LogP) is 2.00. The van der Waals surface area contributed by atoms with Crippen molar-refractivity contribution in [3.63, 3.8) is 0 Å². The molecule has 3 nitrogen and oxygen atoms in total. The number of hydrogen-bond acceptors (Lipinski definition) is 3. The molecule has 4 atom stereocenters. The molecule has 3 aliphatic rings. The summed E-state index contributed by atoms with van der Waals surface area (Å²) in [6, 6.07) is 0. The van der Waals surface area contributed by atoms with E-state index in [-0.39, 0.29) is 18.0 Å². The molecule has 0 radical (unpaired) electrons. The summed E-state index contributed by atoms with van der Waals surface area (Å²) in [5.41, 5.74) is 0. The fraction of sp³-hybridized carbons (Fsp3) is 0.917. The molecular formula is C12H20O3. The lowest BCUT2D eigenvalue weighted by Crippen LogP contribution is -2.27. The molecule has 0 amide bonds. The van der Waals surface area contributed by atoms with Crippen LogP contribution >= 0.6 is 0 Å². The minimum atomic E-state index is -0.0257. The number of rotatable bonds is 0. The largest absolute Gasteiger partial charge is 0.465 e. The van der Waals surface area contributed by atoms with Crippen LogP contribution in [0.1, 0.15) is 33.6 Å². The first kappa shape index (κ1) is 10.9. The maximum Gasteiger partial charge on any atom is 0.312 e. The number of esters is 1. The molecule has 0 aromatic heterocycles. The van der Waals surface area contributed by atoms with E-state index in [2.05, 4.69) is 20.8 Å². The van der Waals surface area contributed by atoms with Gasteiger partial charge in [0.25, 0.3) is 0 Å². The van der Waals surface area contributed by atoms with Gasteiger partial charge in [0, 0.05) is 5.92 Å². The second-order valence-corrected chi connectivity index (χ2v) is 5.34. The van der Waals surface area contributed by atoms with Crippen molar-refractivity contribution in [2.24, 2.45) is 17.8 Å². The highest BCUT2D eigenvalue weighted by Crippen LogP contribution is 2.46. The number of fused-ring (bicyclic) bond motifs is 5. The molecule has 0 aliphatic carbocycles.